The van der Waals surface area contributed by atoms with Gasteiger partial charge in [0.1, 0.15) is 5.75 Å². The van der Waals surface area contributed by atoms with Gasteiger partial charge in [-0.1, -0.05) is 57.9 Å². The summed E-state index contributed by atoms with van der Waals surface area (Å²) < 4.78 is 0. The molecule has 2 aromatic rings. The van der Waals surface area contributed by atoms with Crippen molar-refractivity contribution in [1.29, 1.82) is 0 Å². The molecule has 0 saturated heterocycles. The molecule has 0 saturated carbocycles. The Morgan fingerprint density at radius 2 is 1.95 bits per heavy atom. The van der Waals surface area contributed by atoms with Gasteiger partial charge in [-0.05, 0) is 23.8 Å². The maximum atomic E-state index is 12.2. The Morgan fingerprint density at radius 1 is 1.25 bits per heavy atom. The van der Waals surface area contributed by atoms with Gasteiger partial charge in [0.15, 0.2) is 0 Å². The third-order valence-electron chi connectivity index (χ3n) is 2.86. The van der Waals surface area contributed by atoms with Crippen LogP contribution in [0.1, 0.15) is 22.0 Å². The van der Waals surface area contributed by atoms with Crippen LogP contribution in [-0.2, 0) is 0 Å². The highest BCUT2D eigenvalue weighted by Crippen LogP contribution is 2.22. The lowest BCUT2D eigenvalue weighted by atomic mass is 10.1. The third-order valence-corrected chi connectivity index (χ3v) is 3.83. The van der Waals surface area contributed by atoms with Gasteiger partial charge < -0.3 is 10.4 Å². The Bertz CT molecular complexity index is 604. The molecular formula is C15H13BrClNO2. The highest BCUT2D eigenvalue weighted by molar-refractivity contribution is 9.09. The van der Waals surface area contributed by atoms with Gasteiger partial charge in [-0.3, -0.25) is 4.79 Å². The SMILES string of the molecule is O=C(NC(CBr)c1ccccc1)c1cc(O)ccc1Cl. The predicted octanol–water partition coefficient (Wildman–Crippen LogP) is 3.91. The van der Waals surface area contributed by atoms with Crippen LogP contribution in [0.5, 0.6) is 5.75 Å². The molecule has 2 aromatic carbocycles. The lowest BCUT2D eigenvalue weighted by molar-refractivity contribution is 0.0940. The van der Waals surface area contributed by atoms with Crippen molar-refractivity contribution in [2.45, 2.75) is 6.04 Å². The zero-order valence-corrected chi connectivity index (χ0v) is 12.9. The number of halogens is 2. The Labute approximate surface area is 130 Å². The van der Waals surface area contributed by atoms with Crippen molar-refractivity contribution in [2.75, 3.05) is 5.33 Å². The number of carbonyl (C=O) groups is 1. The highest BCUT2D eigenvalue weighted by Gasteiger charge is 2.17. The van der Waals surface area contributed by atoms with Gasteiger partial charge in [-0.2, -0.15) is 0 Å². The molecule has 2 rings (SSSR count). The average Bonchev–Trinajstić information content (AvgIpc) is 2.48. The van der Waals surface area contributed by atoms with Gasteiger partial charge in [0.25, 0.3) is 5.91 Å². The standard InChI is InChI=1S/C15H13BrClNO2/c16-9-14(10-4-2-1-3-5-10)18-15(20)12-8-11(19)6-7-13(12)17/h1-8,14,19H,9H2,(H,18,20). The maximum absolute atomic E-state index is 12.2. The van der Waals surface area contributed by atoms with Gasteiger partial charge in [-0.25, -0.2) is 0 Å². The normalized spacial score (nSPS) is 11.9. The van der Waals surface area contributed by atoms with Crippen molar-refractivity contribution in [2.24, 2.45) is 0 Å². The van der Waals surface area contributed by atoms with Gasteiger partial charge in [-0.15, -0.1) is 0 Å². The first kappa shape index (κ1) is 14.9. The van der Waals surface area contributed by atoms with E-state index in [0.29, 0.717) is 10.4 Å². The minimum atomic E-state index is -0.320. The fourth-order valence-electron chi connectivity index (χ4n) is 1.82. The predicted molar refractivity (Wildman–Crippen MR) is 83.6 cm³/mol. The molecule has 1 amide bonds. The molecule has 5 heteroatoms. The number of hydrogen-bond donors (Lipinski definition) is 2. The second kappa shape index (κ2) is 6.77. The van der Waals surface area contributed by atoms with Crippen LogP contribution in [0.15, 0.2) is 48.5 Å². The van der Waals surface area contributed by atoms with Crippen molar-refractivity contribution in [1.82, 2.24) is 5.32 Å². The van der Waals surface area contributed by atoms with Crippen LogP contribution < -0.4 is 5.32 Å². The molecule has 104 valence electrons. The molecule has 0 spiro atoms. The Hall–Kier alpha value is -1.52. The summed E-state index contributed by atoms with van der Waals surface area (Å²) in [6, 6.07) is 13.8. The van der Waals surface area contributed by atoms with E-state index in [-0.39, 0.29) is 23.3 Å². The number of hydrogen-bond acceptors (Lipinski definition) is 2. The van der Waals surface area contributed by atoms with Crippen LogP contribution in [0.2, 0.25) is 5.02 Å². The topological polar surface area (TPSA) is 49.3 Å². The van der Waals surface area contributed by atoms with E-state index in [9.17, 15) is 9.90 Å². The molecule has 0 aliphatic heterocycles. The number of rotatable bonds is 4. The fraction of sp³-hybridized carbons (Fsp3) is 0.133. The molecule has 0 aliphatic carbocycles. The molecule has 3 nitrogen and oxygen atoms in total. The van der Waals surface area contributed by atoms with Crippen molar-refractivity contribution < 1.29 is 9.90 Å². The van der Waals surface area contributed by atoms with Crippen LogP contribution in [0.4, 0.5) is 0 Å². The van der Waals surface area contributed by atoms with Crippen molar-refractivity contribution in [3.63, 3.8) is 0 Å². The van der Waals surface area contributed by atoms with Gasteiger partial charge >= 0.3 is 0 Å². The third kappa shape index (κ3) is 3.52. The van der Waals surface area contributed by atoms with E-state index in [2.05, 4.69) is 21.2 Å². The number of nitrogens with one attached hydrogen (secondary N) is 1. The second-order valence-electron chi connectivity index (χ2n) is 4.26. The number of phenolic OH excluding ortho intramolecular Hbond substituents is 1. The lowest BCUT2D eigenvalue weighted by Crippen LogP contribution is -2.29. The van der Waals surface area contributed by atoms with Crippen LogP contribution in [0.3, 0.4) is 0 Å². The molecule has 1 unspecified atom stereocenters. The van der Waals surface area contributed by atoms with E-state index < -0.39 is 0 Å². The van der Waals surface area contributed by atoms with Gasteiger partial charge in [0.2, 0.25) is 0 Å². The minimum Gasteiger partial charge on any atom is -0.508 e. The lowest BCUT2D eigenvalue weighted by Gasteiger charge is -2.17. The first-order chi connectivity index (χ1) is 9.61. The molecule has 0 aromatic heterocycles. The van der Waals surface area contributed by atoms with Crippen LogP contribution in [0, 0.1) is 0 Å². The van der Waals surface area contributed by atoms with Crippen molar-refractivity contribution >= 4 is 33.4 Å². The number of alkyl halides is 1. The molecule has 20 heavy (non-hydrogen) atoms. The van der Waals surface area contributed by atoms with E-state index >= 15 is 0 Å². The summed E-state index contributed by atoms with van der Waals surface area (Å²) in [6.45, 7) is 0. The molecule has 0 aliphatic rings. The quantitative estimate of drug-likeness (QED) is 0.818. The summed E-state index contributed by atoms with van der Waals surface area (Å²) in [5.41, 5.74) is 1.25. The second-order valence-corrected chi connectivity index (χ2v) is 5.31. The molecule has 1 atom stereocenters. The molecule has 2 N–H and O–H groups in total. The van der Waals surface area contributed by atoms with Gasteiger partial charge in [0, 0.05) is 5.33 Å². The summed E-state index contributed by atoms with van der Waals surface area (Å²) in [7, 11) is 0. The Kier molecular flexibility index (Phi) is 5.04. The first-order valence-corrected chi connectivity index (χ1v) is 7.52. The number of aromatic hydroxyl groups is 1. The highest BCUT2D eigenvalue weighted by atomic mass is 79.9. The Balaban J connectivity index is 2.20. The minimum absolute atomic E-state index is 0.00894. The zero-order valence-electron chi connectivity index (χ0n) is 10.5. The summed E-state index contributed by atoms with van der Waals surface area (Å²) in [5, 5.41) is 13.2. The summed E-state index contributed by atoms with van der Waals surface area (Å²) in [5.74, 6) is -0.311. The van der Waals surface area contributed by atoms with E-state index in [1.165, 1.54) is 18.2 Å². The molecule has 0 fully saturated rings. The first-order valence-electron chi connectivity index (χ1n) is 6.02. The number of amides is 1. The van der Waals surface area contributed by atoms with Crippen LogP contribution in [0.25, 0.3) is 0 Å². The molecule has 0 bridgehead atoms. The molecule has 0 radical (unpaired) electrons. The molecular weight excluding hydrogens is 342 g/mol. The fourth-order valence-corrected chi connectivity index (χ4v) is 2.56. The number of carbonyl (C=O) groups excluding carboxylic acids is 1. The van der Waals surface area contributed by atoms with Gasteiger partial charge in [0.05, 0.1) is 16.6 Å². The number of benzene rings is 2. The largest absolute Gasteiger partial charge is 0.508 e. The monoisotopic (exact) mass is 353 g/mol. The summed E-state index contributed by atoms with van der Waals surface area (Å²) in [6.07, 6.45) is 0. The van der Waals surface area contributed by atoms with E-state index in [1.54, 1.807) is 0 Å². The smallest absolute Gasteiger partial charge is 0.253 e. The van der Waals surface area contributed by atoms with E-state index in [4.69, 9.17) is 11.6 Å². The zero-order chi connectivity index (χ0) is 14.5. The van der Waals surface area contributed by atoms with E-state index in [1.807, 2.05) is 30.3 Å². The summed E-state index contributed by atoms with van der Waals surface area (Å²) >= 11 is 9.37. The molecule has 0 heterocycles. The van der Waals surface area contributed by atoms with Crippen molar-refractivity contribution in [3.05, 3.63) is 64.7 Å². The van der Waals surface area contributed by atoms with Crippen LogP contribution >= 0.6 is 27.5 Å². The van der Waals surface area contributed by atoms with Crippen molar-refractivity contribution in [3.8, 4) is 5.75 Å². The average molecular weight is 355 g/mol. The van der Waals surface area contributed by atoms with E-state index in [0.717, 1.165) is 5.56 Å². The number of phenols is 1. The Morgan fingerprint density at radius 3 is 2.60 bits per heavy atom. The summed E-state index contributed by atoms with van der Waals surface area (Å²) in [4.78, 5) is 12.2. The van der Waals surface area contributed by atoms with Crippen LogP contribution in [-0.4, -0.2) is 16.3 Å². The maximum Gasteiger partial charge on any atom is 0.253 e.